The second-order valence-corrected chi connectivity index (χ2v) is 6.14. The Balaban J connectivity index is 2.24. The van der Waals surface area contributed by atoms with Gasteiger partial charge in [-0.25, -0.2) is 4.39 Å². The molecule has 1 fully saturated rings. The highest BCUT2D eigenvalue weighted by molar-refractivity contribution is 5.49. The highest BCUT2D eigenvalue weighted by Crippen LogP contribution is 2.37. The maximum atomic E-state index is 14.1. The van der Waals surface area contributed by atoms with Crippen molar-refractivity contribution in [3.05, 3.63) is 30.1 Å². The molecule has 1 saturated carbocycles. The van der Waals surface area contributed by atoms with Crippen molar-refractivity contribution in [2.45, 2.75) is 51.0 Å². The number of para-hydroxylation sites is 1. The first-order valence-electron chi connectivity index (χ1n) is 7.81. The third kappa shape index (κ3) is 2.98. The predicted octanol–water partition coefficient (Wildman–Crippen LogP) is 3.95. The number of rotatable bonds is 4. The Bertz CT molecular complexity index is 435. The molecule has 2 N–H and O–H groups in total. The average Bonchev–Trinajstić information content (AvgIpc) is 2.70. The number of anilines is 1. The van der Waals surface area contributed by atoms with Gasteiger partial charge < -0.3 is 10.6 Å². The largest absolute Gasteiger partial charge is 0.365 e. The lowest BCUT2D eigenvalue weighted by molar-refractivity contribution is 0.350. The number of hydrogen-bond acceptors (Lipinski definition) is 2. The van der Waals surface area contributed by atoms with Gasteiger partial charge in [0.15, 0.2) is 0 Å². The summed E-state index contributed by atoms with van der Waals surface area (Å²) in [5, 5.41) is 0. The molecule has 2 nitrogen and oxygen atoms in total. The van der Waals surface area contributed by atoms with Crippen molar-refractivity contribution in [1.29, 1.82) is 0 Å². The quantitative estimate of drug-likeness (QED) is 0.845. The van der Waals surface area contributed by atoms with Crippen LogP contribution in [0.15, 0.2) is 24.3 Å². The van der Waals surface area contributed by atoms with E-state index < -0.39 is 0 Å². The van der Waals surface area contributed by atoms with Crippen LogP contribution >= 0.6 is 0 Å². The van der Waals surface area contributed by atoms with E-state index in [1.54, 1.807) is 6.07 Å². The van der Waals surface area contributed by atoms with E-state index in [-0.39, 0.29) is 11.4 Å². The molecule has 2 unspecified atom stereocenters. The number of halogens is 1. The second-order valence-electron chi connectivity index (χ2n) is 6.14. The van der Waals surface area contributed by atoms with E-state index in [1.807, 2.05) is 19.2 Å². The van der Waals surface area contributed by atoms with E-state index in [0.29, 0.717) is 12.2 Å². The van der Waals surface area contributed by atoms with Gasteiger partial charge in [-0.1, -0.05) is 38.3 Å². The van der Waals surface area contributed by atoms with Gasteiger partial charge in [0.1, 0.15) is 5.82 Å². The minimum Gasteiger partial charge on any atom is -0.365 e. The second kappa shape index (κ2) is 6.57. The standard InChI is InChI=1S/C17H27FN2/c1-3-14-7-6-11-17(13-19,12-10-14)20(2)16-9-5-4-8-15(16)18/h4-5,8-9,14H,3,6-7,10-13,19H2,1-2H3. The normalized spacial score (nSPS) is 27.1. The molecule has 0 bridgehead atoms. The topological polar surface area (TPSA) is 29.3 Å². The summed E-state index contributed by atoms with van der Waals surface area (Å²) in [7, 11) is 2.00. The Morgan fingerprint density at radius 1 is 1.30 bits per heavy atom. The summed E-state index contributed by atoms with van der Waals surface area (Å²) in [5.74, 6) is 0.650. The highest BCUT2D eigenvalue weighted by atomic mass is 19.1. The summed E-state index contributed by atoms with van der Waals surface area (Å²) in [6.07, 6.45) is 7.03. The van der Waals surface area contributed by atoms with Crippen molar-refractivity contribution >= 4 is 5.69 Å². The molecule has 0 radical (unpaired) electrons. The van der Waals surface area contributed by atoms with Gasteiger partial charge in [0.25, 0.3) is 0 Å². The molecule has 0 aliphatic heterocycles. The van der Waals surface area contributed by atoms with Crippen molar-refractivity contribution in [3.63, 3.8) is 0 Å². The lowest BCUT2D eigenvalue weighted by Crippen LogP contribution is -2.52. The van der Waals surface area contributed by atoms with Gasteiger partial charge >= 0.3 is 0 Å². The third-order valence-corrected chi connectivity index (χ3v) is 5.16. The first-order valence-corrected chi connectivity index (χ1v) is 7.81. The fourth-order valence-electron chi connectivity index (χ4n) is 3.53. The zero-order valence-electron chi connectivity index (χ0n) is 12.7. The minimum absolute atomic E-state index is 0.0912. The van der Waals surface area contributed by atoms with Crippen LogP contribution in [-0.4, -0.2) is 19.1 Å². The molecule has 1 aromatic rings. The minimum atomic E-state index is -0.154. The lowest BCUT2D eigenvalue weighted by Gasteiger charge is -2.42. The van der Waals surface area contributed by atoms with Crippen molar-refractivity contribution in [3.8, 4) is 0 Å². The molecule has 1 aliphatic rings. The number of hydrogen-bond donors (Lipinski definition) is 1. The van der Waals surface area contributed by atoms with Gasteiger partial charge in [-0.05, 0) is 37.3 Å². The average molecular weight is 278 g/mol. The smallest absolute Gasteiger partial charge is 0.146 e. The van der Waals surface area contributed by atoms with Crippen molar-refractivity contribution in [2.75, 3.05) is 18.5 Å². The summed E-state index contributed by atoms with van der Waals surface area (Å²) >= 11 is 0. The maximum absolute atomic E-state index is 14.1. The van der Waals surface area contributed by atoms with Gasteiger partial charge in [-0.2, -0.15) is 0 Å². The summed E-state index contributed by atoms with van der Waals surface area (Å²) in [6.45, 7) is 2.86. The van der Waals surface area contributed by atoms with Crippen molar-refractivity contribution in [2.24, 2.45) is 11.7 Å². The molecule has 0 heterocycles. The summed E-state index contributed by atoms with van der Waals surface area (Å²) in [6, 6.07) is 7.02. The number of likely N-dealkylation sites (N-methyl/N-ethyl adjacent to an activating group) is 1. The summed E-state index contributed by atoms with van der Waals surface area (Å²) < 4.78 is 14.1. The number of benzene rings is 1. The fraction of sp³-hybridized carbons (Fsp3) is 0.647. The molecule has 0 saturated heterocycles. The molecular weight excluding hydrogens is 251 g/mol. The highest BCUT2D eigenvalue weighted by Gasteiger charge is 2.36. The van der Waals surface area contributed by atoms with E-state index in [0.717, 1.165) is 18.8 Å². The van der Waals surface area contributed by atoms with Crippen LogP contribution in [0.2, 0.25) is 0 Å². The fourth-order valence-corrected chi connectivity index (χ4v) is 3.53. The molecular formula is C17H27FN2. The molecule has 0 spiro atoms. The molecule has 112 valence electrons. The van der Waals surface area contributed by atoms with E-state index in [9.17, 15) is 4.39 Å². The summed E-state index contributed by atoms with van der Waals surface area (Å²) in [4.78, 5) is 2.10. The Morgan fingerprint density at radius 2 is 2.05 bits per heavy atom. The van der Waals surface area contributed by atoms with Crippen molar-refractivity contribution < 1.29 is 4.39 Å². The number of nitrogens with zero attached hydrogens (tertiary/aromatic N) is 1. The van der Waals surface area contributed by atoms with E-state index in [4.69, 9.17) is 5.73 Å². The monoisotopic (exact) mass is 278 g/mol. The van der Waals surface area contributed by atoms with Crippen LogP contribution in [0.25, 0.3) is 0 Å². The van der Waals surface area contributed by atoms with Crippen LogP contribution in [0, 0.1) is 11.7 Å². The van der Waals surface area contributed by atoms with Crippen LogP contribution in [0.5, 0.6) is 0 Å². The van der Waals surface area contributed by atoms with Gasteiger partial charge in [0.2, 0.25) is 0 Å². The molecule has 0 amide bonds. The molecule has 20 heavy (non-hydrogen) atoms. The van der Waals surface area contributed by atoms with Crippen LogP contribution in [-0.2, 0) is 0 Å². The Labute approximate surface area is 122 Å². The van der Waals surface area contributed by atoms with Crippen LogP contribution in [0.1, 0.15) is 45.4 Å². The third-order valence-electron chi connectivity index (χ3n) is 5.16. The van der Waals surface area contributed by atoms with Gasteiger partial charge in [-0.15, -0.1) is 0 Å². The molecule has 2 atom stereocenters. The van der Waals surface area contributed by atoms with E-state index >= 15 is 0 Å². The van der Waals surface area contributed by atoms with E-state index in [1.165, 1.54) is 31.7 Å². The van der Waals surface area contributed by atoms with Gasteiger partial charge in [0.05, 0.1) is 11.2 Å². The van der Waals surface area contributed by atoms with Gasteiger partial charge in [0, 0.05) is 13.6 Å². The van der Waals surface area contributed by atoms with Crippen LogP contribution in [0.3, 0.4) is 0 Å². The first kappa shape index (κ1) is 15.3. The number of nitrogens with two attached hydrogens (primary N) is 1. The zero-order chi connectivity index (χ0) is 14.6. The summed E-state index contributed by atoms with van der Waals surface area (Å²) in [5.41, 5.74) is 6.70. The Kier molecular flexibility index (Phi) is 5.03. The molecule has 2 rings (SSSR count). The lowest BCUT2D eigenvalue weighted by atomic mass is 9.87. The van der Waals surface area contributed by atoms with Crippen molar-refractivity contribution in [1.82, 2.24) is 0 Å². The zero-order valence-corrected chi connectivity index (χ0v) is 12.7. The predicted molar refractivity (Wildman–Crippen MR) is 83.5 cm³/mol. The first-order chi connectivity index (χ1) is 9.63. The SMILES string of the molecule is CCC1CCCC(CN)(N(C)c2ccccc2F)CC1. The Morgan fingerprint density at radius 3 is 2.70 bits per heavy atom. The van der Waals surface area contributed by atoms with Crippen LogP contribution < -0.4 is 10.6 Å². The molecule has 1 aliphatic carbocycles. The Hall–Kier alpha value is -1.09. The molecule has 0 aromatic heterocycles. The van der Waals surface area contributed by atoms with Gasteiger partial charge in [-0.3, -0.25) is 0 Å². The van der Waals surface area contributed by atoms with Crippen LogP contribution in [0.4, 0.5) is 10.1 Å². The maximum Gasteiger partial charge on any atom is 0.146 e. The van der Waals surface area contributed by atoms with E-state index in [2.05, 4.69) is 11.8 Å². The molecule has 3 heteroatoms. The molecule has 1 aromatic carbocycles.